The van der Waals surface area contributed by atoms with Gasteiger partial charge < -0.3 is 28.6 Å². The number of fused-ring (bicyclic) bond motifs is 1. The molecule has 22 heteroatoms. The number of nitrogens with zero attached hydrogens (tertiary/aromatic N) is 1. The highest BCUT2D eigenvalue weighted by atomic mass is 32.2. The van der Waals surface area contributed by atoms with Crippen LogP contribution in [-0.4, -0.2) is 86.9 Å². The number of aliphatic carboxylic acids is 1. The van der Waals surface area contributed by atoms with Crippen molar-refractivity contribution < 1.29 is 67.5 Å². The Bertz CT molecular complexity index is 1830. The summed E-state index contributed by atoms with van der Waals surface area (Å²) in [6.45, 7) is 17.4. The minimum Gasteiger partial charge on any atom is -0.481 e. The van der Waals surface area contributed by atoms with Gasteiger partial charge in [0, 0.05) is 29.7 Å². The lowest BCUT2D eigenvalue weighted by Crippen LogP contribution is -2.29. The van der Waals surface area contributed by atoms with Gasteiger partial charge in [0.15, 0.2) is 0 Å². The van der Waals surface area contributed by atoms with Gasteiger partial charge in [0.1, 0.15) is 5.78 Å². The van der Waals surface area contributed by atoms with Crippen molar-refractivity contribution >= 4 is 64.8 Å². The lowest BCUT2D eigenvalue weighted by atomic mass is 9.78. The number of nitrogens with one attached hydrogen (secondary N) is 1. The van der Waals surface area contributed by atoms with Gasteiger partial charge in [-0.2, -0.15) is 8.42 Å². The van der Waals surface area contributed by atoms with E-state index in [0.717, 1.165) is 18.3 Å². The number of para-hydroxylation sites is 1. The summed E-state index contributed by atoms with van der Waals surface area (Å²) in [7, 11) is -13.2. The molecule has 1 heterocycles. The van der Waals surface area contributed by atoms with Crippen molar-refractivity contribution in [3.05, 3.63) is 54.1 Å². The van der Waals surface area contributed by atoms with Crippen molar-refractivity contribution in [3.63, 3.8) is 0 Å². The van der Waals surface area contributed by atoms with Gasteiger partial charge in [0.25, 0.3) is 16.1 Å². The van der Waals surface area contributed by atoms with Gasteiger partial charge in [0.2, 0.25) is 0 Å². The zero-order chi connectivity index (χ0) is 43.8. The van der Waals surface area contributed by atoms with Crippen LogP contribution in [0.4, 0.5) is 11.4 Å². The first kappa shape index (κ1) is 54.9. The van der Waals surface area contributed by atoms with E-state index in [2.05, 4.69) is 23.4 Å². The maximum Gasteiger partial charge on any atom is 0.425 e. The monoisotopic (exact) mass is 873 g/mol. The molecule has 2 aromatic carbocycles. The zero-order valence-electron chi connectivity index (χ0n) is 33.3. The number of hydrogen-bond acceptors (Lipinski definition) is 16. The fraction of sp³-hybridized carbons (Fsp3) is 0.559. The summed E-state index contributed by atoms with van der Waals surface area (Å²) in [6, 6.07) is 13.5. The lowest BCUT2D eigenvalue weighted by molar-refractivity contribution is -0.134. The number of rotatable bonds is 17. The van der Waals surface area contributed by atoms with E-state index >= 15 is 0 Å². The predicted molar refractivity (Wildman–Crippen MR) is 214 cm³/mol. The van der Waals surface area contributed by atoms with Crippen LogP contribution in [0.25, 0.3) is 0 Å². The Balaban J connectivity index is 0. The fourth-order valence-corrected chi connectivity index (χ4v) is 8.75. The summed E-state index contributed by atoms with van der Waals surface area (Å²) in [5, 5.41) is 7.42. The van der Waals surface area contributed by atoms with Gasteiger partial charge in [-0.25, -0.2) is 0 Å². The maximum absolute atomic E-state index is 12.6. The quantitative estimate of drug-likeness (QED) is 0.0545. The fourth-order valence-electron chi connectivity index (χ4n) is 4.61. The molecule has 0 amide bonds. The minimum atomic E-state index is -4.10. The minimum absolute atomic E-state index is 0.0840. The first-order valence-electron chi connectivity index (χ1n) is 17.3. The second-order valence-corrected chi connectivity index (χ2v) is 18.0. The van der Waals surface area contributed by atoms with E-state index in [1.54, 1.807) is 13.8 Å². The maximum atomic E-state index is 12.6. The largest absolute Gasteiger partial charge is 0.481 e. The van der Waals surface area contributed by atoms with Crippen molar-refractivity contribution in [1.82, 2.24) is 0 Å². The Labute approximate surface area is 331 Å². The number of benzene rings is 2. The van der Waals surface area contributed by atoms with E-state index < -0.39 is 41.9 Å². The molecule has 2 atom stereocenters. The SMILES string of the molecule is CC(=O)O.CCOP(=O)(CCC(C)C(C)=O)OCC.CCOP(=O)(CCC1(C)C(C)=Nc2ccccc21)OCC.NNc1ccc(S(=O)(=O)O)cc1.O=S(=O)=O. The molecule has 1 aliphatic heterocycles. The van der Waals surface area contributed by atoms with Crippen LogP contribution >= 0.6 is 15.2 Å². The molecular weight excluding hydrogens is 816 g/mol. The molecule has 0 radical (unpaired) electrons. The first-order chi connectivity index (χ1) is 25.9. The molecule has 0 spiro atoms. The number of carboxylic acids is 1. The Morgan fingerprint density at radius 1 is 0.875 bits per heavy atom. The summed E-state index contributed by atoms with van der Waals surface area (Å²) in [5.74, 6) is 4.24. The van der Waals surface area contributed by atoms with Gasteiger partial charge in [-0.3, -0.25) is 34.1 Å². The van der Waals surface area contributed by atoms with Gasteiger partial charge in [-0.15, -0.1) is 12.6 Å². The van der Waals surface area contributed by atoms with E-state index in [1.807, 2.05) is 45.9 Å². The number of Topliss-reactive ketones (excluding diaryl/α,β-unsaturated/α-hetero) is 1. The molecule has 3 rings (SSSR count). The number of carbonyl (C=O) groups is 2. The number of hydrogen-bond donors (Lipinski definition) is 4. The van der Waals surface area contributed by atoms with E-state index in [4.69, 9.17) is 51.0 Å². The zero-order valence-corrected chi connectivity index (χ0v) is 36.7. The number of anilines is 1. The van der Waals surface area contributed by atoms with E-state index in [0.29, 0.717) is 57.3 Å². The first-order valence-corrected chi connectivity index (χ1v) is 23.2. The second kappa shape index (κ2) is 27.5. The number of ketones is 1. The molecule has 0 aromatic heterocycles. The Morgan fingerprint density at radius 3 is 1.66 bits per heavy atom. The number of nitrogen functional groups attached to an aromatic ring is 1. The highest BCUT2D eigenvalue weighted by Gasteiger charge is 2.39. The predicted octanol–water partition coefficient (Wildman–Crippen LogP) is 6.88. The van der Waals surface area contributed by atoms with E-state index in [1.165, 1.54) is 36.8 Å². The smallest absolute Gasteiger partial charge is 0.425 e. The highest BCUT2D eigenvalue weighted by Crippen LogP contribution is 2.52. The number of hydrazine groups is 1. The Hall–Kier alpha value is -3.16. The van der Waals surface area contributed by atoms with Crippen molar-refractivity contribution in [2.45, 2.75) is 85.5 Å². The topological polar surface area (TPSA) is 281 Å². The van der Waals surface area contributed by atoms with Crippen LogP contribution in [0, 0.1) is 5.92 Å². The molecule has 0 bridgehead atoms. The van der Waals surface area contributed by atoms with Crippen molar-refractivity contribution in [2.75, 3.05) is 44.2 Å². The summed E-state index contributed by atoms with van der Waals surface area (Å²) in [5.41, 5.74) is 5.98. The number of nitrogens with two attached hydrogens (primary N) is 1. The molecule has 2 aromatic rings. The summed E-state index contributed by atoms with van der Waals surface area (Å²) in [6.07, 6.45) is 1.98. The number of aliphatic imine (C=N–C) groups is 1. The molecule has 56 heavy (non-hydrogen) atoms. The van der Waals surface area contributed by atoms with Gasteiger partial charge in [-0.05, 0) is 90.3 Å². The second-order valence-electron chi connectivity index (χ2n) is 11.8. The van der Waals surface area contributed by atoms with Crippen LogP contribution in [0.15, 0.2) is 58.4 Å². The molecule has 1 aliphatic rings. The molecular formula is C34H57N3O15P2S2. The third-order valence-electron chi connectivity index (χ3n) is 7.62. The van der Waals surface area contributed by atoms with Crippen molar-refractivity contribution in [3.8, 4) is 0 Å². The van der Waals surface area contributed by atoms with Crippen molar-refractivity contribution in [1.29, 1.82) is 0 Å². The van der Waals surface area contributed by atoms with Crippen LogP contribution in [0.3, 0.4) is 0 Å². The molecule has 18 nitrogen and oxygen atoms in total. The van der Waals surface area contributed by atoms with Gasteiger partial charge >= 0.3 is 25.8 Å². The highest BCUT2D eigenvalue weighted by molar-refractivity contribution is 7.85. The summed E-state index contributed by atoms with van der Waals surface area (Å²) in [4.78, 5) is 24.5. The van der Waals surface area contributed by atoms with E-state index in [-0.39, 0.29) is 22.0 Å². The van der Waals surface area contributed by atoms with Crippen molar-refractivity contribution in [2.24, 2.45) is 16.8 Å². The molecule has 0 saturated carbocycles. The summed E-state index contributed by atoms with van der Waals surface area (Å²) < 4.78 is 101. The Kier molecular flexibility index (Phi) is 27.0. The molecule has 0 aliphatic carbocycles. The average molecular weight is 874 g/mol. The van der Waals surface area contributed by atoms with Crippen LogP contribution in [0.1, 0.15) is 80.7 Å². The summed E-state index contributed by atoms with van der Waals surface area (Å²) >= 11 is 0. The van der Waals surface area contributed by atoms with Gasteiger partial charge in [0.05, 0.1) is 49.3 Å². The van der Waals surface area contributed by atoms with Crippen LogP contribution in [-0.2, 0) is 63.0 Å². The molecule has 320 valence electrons. The third-order valence-corrected chi connectivity index (χ3v) is 12.7. The van der Waals surface area contributed by atoms with Gasteiger partial charge in [-0.1, -0.05) is 32.0 Å². The standard InChI is InChI=1S/C16H24NO3P.C10H21O4P.C6H8N2O3S.C2H4O2.O3S/c1-5-19-21(18,20-6-2)12-11-16(4)13(3)17-15-10-8-7-9-14(15)16;1-5-13-15(12,14-6-2)8-7-9(3)10(4)11;7-8-5-1-3-6(4-2-5)12(9,10)11;1-2(3)4;1-4(2)3/h7-10H,5-6,11-12H2,1-4H3;9H,5-8H2,1-4H3;1-4,8H,7H2,(H,9,10,11);1H3,(H,3,4);. The molecule has 2 unspecified atom stereocenters. The van der Waals surface area contributed by atoms with Crippen LogP contribution < -0.4 is 11.3 Å². The van der Waals surface area contributed by atoms with Crippen LogP contribution in [0.2, 0.25) is 0 Å². The normalized spacial score (nSPS) is 14.9. The Morgan fingerprint density at radius 2 is 1.29 bits per heavy atom. The van der Waals surface area contributed by atoms with Crippen LogP contribution in [0.5, 0.6) is 0 Å². The number of carboxylic acid groups (broad SMARTS) is 1. The lowest BCUT2D eigenvalue weighted by Gasteiger charge is -2.28. The average Bonchev–Trinajstić information content (AvgIpc) is 3.35. The molecule has 0 saturated heterocycles. The number of carbonyl (C=O) groups excluding carboxylic acids is 1. The molecule has 5 N–H and O–H groups in total. The third kappa shape index (κ3) is 22.5. The van der Waals surface area contributed by atoms with E-state index in [9.17, 15) is 22.3 Å². The molecule has 0 fully saturated rings.